The van der Waals surface area contributed by atoms with Gasteiger partial charge < -0.3 is 23.7 Å². The van der Waals surface area contributed by atoms with Crippen LogP contribution in [0.3, 0.4) is 0 Å². The lowest BCUT2D eigenvalue weighted by Gasteiger charge is -2.44. The average molecular weight is 276 g/mol. The second kappa shape index (κ2) is 8.87. The van der Waals surface area contributed by atoms with Crippen molar-refractivity contribution >= 4 is 0 Å². The SMILES string of the molecule is CCCOC1C(OCC)[C@H](OC)OC(COC)[C@H]1C. The molecule has 5 atom stereocenters. The zero-order valence-corrected chi connectivity index (χ0v) is 12.8. The molecule has 1 heterocycles. The third-order valence-electron chi connectivity index (χ3n) is 3.44. The number of methoxy groups -OCH3 is 2. The maximum Gasteiger partial charge on any atom is 0.186 e. The molecule has 0 radical (unpaired) electrons. The molecule has 1 rings (SSSR count). The zero-order chi connectivity index (χ0) is 14.3. The van der Waals surface area contributed by atoms with Gasteiger partial charge in [0, 0.05) is 33.4 Å². The van der Waals surface area contributed by atoms with Crippen molar-refractivity contribution in [1.82, 2.24) is 0 Å². The van der Waals surface area contributed by atoms with Crippen LogP contribution in [0, 0.1) is 5.92 Å². The van der Waals surface area contributed by atoms with E-state index < -0.39 is 6.29 Å². The monoisotopic (exact) mass is 276 g/mol. The van der Waals surface area contributed by atoms with Gasteiger partial charge in [0.2, 0.25) is 0 Å². The molecular formula is C14H28O5. The van der Waals surface area contributed by atoms with Crippen molar-refractivity contribution in [2.75, 3.05) is 34.0 Å². The fourth-order valence-electron chi connectivity index (χ4n) is 2.45. The molecule has 0 aromatic carbocycles. The molecule has 0 N–H and O–H groups in total. The molecule has 1 aliphatic rings. The normalized spacial score (nSPS) is 35.5. The summed E-state index contributed by atoms with van der Waals surface area (Å²) in [5, 5.41) is 0. The summed E-state index contributed by atoms with van der Waals surface area (Å²) >= 11 is 0. The minimum absolute atomic E-state index is 0.0289. The number of hydrogen-bond acceptors (Lipinski definition) is 5. The Morgan fingerprint density at radius 1 is 1.05 bits per heavy atom. The lowest BCUT2D eigenvalue weighted by Crippen LogP contribution is -2.57. The van der Waals surface area contributed by atoms with Gasteiger partial charge in [-0.15, -0.1) is 0 Å². The molecule has 19 heavy (non-hydrogen) atoms. The maximum atomic E-state index is 5.98. The maximum absolute atomic E-state index is 5.98. The molecule has 0 saturated carbocycles. The highest BCUT2D eigenvalue weighted by molar-refractivity contribution is 4.89. The van der Waals surface area contributed by atoms with E-state index in [2.05, 4.69) is 13.8 Å². The van der Waals surface area contributed by atoms with Gasteiger partial charge in [0.25, 0.3) is 0 Å². The standard InChI is InChI=1S/C14H28O5/c1-6-8-18-12-10(3)11(9-15-4)19-14(16-5)13(12)17-7-2/h10-14H,6-9H2,1-5H3/t10-,11?,12?,13?,14-/m1/s1. The number of hydrogen-bond donors (Lipinski definition) is 0. The van der Waals surface area contributed by atoms with Gasteiger partial charge in [-0.1, -0.05) is 13.8 Å². The highest BCUT2D eigenvalue weighted by Gasteiger charge is 2.45. The summed E-state index contributed by atoms with van der Waals surface area (Å²) in [7, 11) is 3.31. The molecule has 0 aliphatic carbocycles. The van der Waals surface area contributed by atoms with Crippen LogP contribution in [0.15, 0.2) is 0 Å². The lowest BCUT2D eigenvalue weighted by atomic mass is 9.90. The molecule has 1 aliphatic heterocycles. The van der Waals surface area contributed by atoms with Crippen molar-refractivity contribution in [2.24, 2.45) is 5.92 Å². The Kier molecular flexibility index (Phi) is 7.87. The molecule has 5 nitrogen and oxygen atoms in total. The van der Waals surface area contributed by atoms with E-state index in [0.29, 0.717) is 19.8 Å². The molecule has 0 aromatic heterocycles. The molecular weight excluding hydrogens is 248 g/mol. The predicted octanol–water partition coefficient (Wildman–Crippen LogP) is 1.84. The summed E-state index contributed by atoms with van der Waals surface area (Å²) in [6, 6.07) is 0. The van der Waals surface area contributed by atoms with E-state index in [-0.39, 0.29) is 24.2 Å². The van der Waals surface area contributed by atoms with E-state index >= 15 is 0 Å². The van der Waals surface area contributed by atoms with Crippen LogP contribution in [0.4, 0.5) is 0 Å². The summed E-state index contributed by atoms with van der Waals surface area (Å²) < 4.78 is 28.3. The van der Waals surface area contributed by atoms with E-state index in [0.717, 1.165) is 6.42 Å². The van der Waals surface area contributed by atoms with Crippen LogP contribution in [0.2, 0.25) is 0 Å². The van der Waals surface area contributed by atoms with E-state index in [1.54, 1.807) is 14.2 Å². The Morgan fingerprint density at radius 3 is 2.32 bits per heavy atom. The van der Waals surface area contributed by atoms with Gasteiger partial charge in [-0.3, -0.25) is 0 Å². The van der Waals surface area contributed by atoms with E-state index in [1.165, 1.54) is 0 Å². The number of ether oxygens (including phenoxy) is 5. The van der Waals surface area contributed by atoms with Crippen LogP contribution in [-0.4, -0.2) is 58.6 Å². The zero-order valence-electron chi connectivity index (χ0n) is 12.8. The van der Waals surface area contributed by atoms with Crippen molar-refractivity contribution in [1.29, 1.82) is 0 Å². The first-order valence-electron chi connectivity index (χ1n) is 7.09. The third kappa shape index (κ3) is 4.39. The minimum atomic E-state index is -0.404. The highest BCUT2D eigenvalue weighted by Crippen LogP contribution is 2.30. The second-order valence-corrected chi connectivity index (χ2v) is 4.85. The van der Waals surface area contributed by atoms with Crippen molar-refractivity contribution < 1.29 is 23.7 Å². The number of rotatable bonds is 8. The van der Waals surface area contributed by atoms with Gasteiger partial charge in [-0.25, -0.2) is 0 Å². The molecule has 0 spiro atoms. The Bertz CT molecular complexity index is 236. The van der Waals surface area contributed by atoms with Gasteiger partial charge in [0.15, 0.2) is 6.29 Å². The summed E-state index contributed by atoms with van der Waals surface area (Å²) in [6.07, 6.45) is 0.324. The second-order valence-electron chi connectivity index (χ2n) is 4.85. The van der Waals surface area contributed by atoms with E-state index in [9.17, 15) is 0 Å². The van der Waals surface area contributed by atoms with Gasteiger partial charge in [-0.05, 0) is 13.3 Å². The van der Waals surface area contributed by atoms with Gasteiger partial charge in [0.1, 0.15) is 6.10 Å². The molecule has 0 aromatic rings. The van der Waals surface area contributed by atoms with Gasteiger partial charge >= 0.3 is 0 Å². The van der Waals surface area contributed by atoms with Crippen LogP contribution >= 0.6 is 0 Å². The van der Waals surface area contributed by atoms with Crippen LogP contribution in [0.25, 0.3) is 0 Å². The van der Waals surface area contributed by atoms with Crippen LogP contribution in [-0.2, 0) is 23.7 Å². The van der Waals surface area contributed by atoms with Crippen LogP contribution in [0.5, 0.6) is 0 Å². The third-order valence-corrected chi connectivity index (χ3v) is 3.44. The summed E-state index contributed by atoms with van der Waals surface area (Å²) in [5.74, 6) is 0.203. The average Bonchev–Trinajstić information content (AvgIpc) is 2.41. The summed E-state index contributed by atoms with van der Waals surface area (Å²) in [6.45, 7) is 8.04. The molecule has 0 amide bonds. The smallest absolute Gasteiger partial charge is 0.186 e. The Morgan fingerprint density at radius 2 is 1.79 bits per heavy atom. The molecule has 0 bridgehead atoms. The van der Waals surface area contributed by atoms with Gasteiger partial charge in [0.05, 0.1) is 18.8 Å². The highest BCUT2D eigenvalue weighted by atomic mass is 16.7. The molecule has 3 unspecified atom stereocenters. The molecule has 114 valence electrons. The van der Waals surface area contributed by atoms with Crippen LogP contribution < -0.4 is 0 Å². The van der Waals surface area contributed by atoms with E-state index in [4.69, 9.17) is 23.7 Å². The Labute approximate surface area is 116 Å². The first-order valence-corrected chi connectivity index (χ1v) is 7.09. The fourth-order valence-corrected chi connectivity index (χ4v) is 2.45. The van der Waals surface area contributed by atoms with Crippen molar-refractivity contribution in [3.8, 4) is 0 Å². The molecule has 1 fully saturated rings. The summed E-state index contributed by atoms with van der Waals surface area (Å²) in [5.41, 5.74) is 0. The summed E-state index contributed by atoms with van der Waals surface area (Å²) in [4.78, 5) is 0. The first kappa shape index (κ1) is 16.9. The van der Waals surface area contributed by atoms with Crippen molar-refractivity contribution in [3.63, 3.8) is 0 Å². The first-order chi connectivity index (χ1) is 9.19. The topological polar surface area (TPSA) is 46.2 Å². The van der Waals surface area contributed by atoms with Crippen molar-refractivity contribution in [3.05, 3.63) is 0 Å². The van der Waals surface area contributed by atoms with Crippen molar-refractivity contribution in [2.45, 2.75) is 51.8 Å². The van der Waals surface area contributed by atoms with Crippen LogP contribution in [0.1, 0.15) is 27.2 Å². The largest absolute Gasteiger partial charge is 0.382 e. The Balaban J connectivity index is 2.79. The van der Waals surface area contributed by atoms with Gasteiger partial charge in [-0.2, -0.15) is 0 Å². The predicted molar refractivity (Wildman–Crippen MR) is 72.2 cm³/mol. The van der Waals surface area contributed by atoms with E-state index in [1.807, 2.05) is 6.92 Å². The quantitative estimate of drug-likeness (QED) is 0.677. The Hall–Kier alpha value is -0.200. The minimum Gasteiger partial charge on any atom is -0.382 e. The lowest BCUT2D eigenvalue weighted by molar-refractivity contribution is -0.297. The molecule has 5 heteroatoms. The fraction of sp³-hybridized carbons (Fsp3) is 1.00. The molecule has 1 saturated heterocycles.